The molecule has 2 nitrogen and oxygen atoms in total. The molecule has 3 atom stereocenters. The van der Waals surface area contributed by atoms with Crippen LogP contribution in [0.3, 0.4) is 0 Å². The van der Waals surface area contributed by atoms with E-state index in [9.17, 15) is 4.39 Å². The third-order valence-electron chi connectivity index (χ3n) is 4.91. The summed E-state index contributed by atoms with van der Waals surface area (Å²) in [6.45, 7) is 12.9. The Kier molecular flexibility index (Phi) is 5.39. The van der Waals surface area contributed by atoms with Gasteiger partial charge in [-0.05, 0) is 43.4 Å². The number of halogens is 1. The Labute approximate surface area is 128 Å². The Morgan fingerprint density at radius 2 is 2.05 bits per heavy atom. The van der Waals surface area contributed by atoms with Crippen LogP contribution in [0.15, 0.2) is 18.2 Å². The van der Waals surface area contributed by atoms with Crippen molar-refractivity contribution in [1.82, 2.24) is 10.2 Å². The first kappa shape index (κ1) is 16.4. The Bertz CT molecular complexity index is 472. The molecule has 1 N–H and O–H groups in total. The summed E-state index contributed by atoms with van der Waals surface area (Å²) < 4.78 is 13.9. The quantitative estimate of drug-likeness (QED) is 0.905. The molecule has 1 aromatic carbocycles. The summed E-state index contributed by atoms with van der Waals surface area (Å²) in [5, 5.41) is 3.64. The highest BCUT2D eigenvalue weighted by Gasteiger charge is 2.32. The van der Waals surface area contributed by atoms with Crippen LogP contribution in [0, 0.1) is 18.7 Å². The van der Waals surface area contributed by atoms with Gasteiger partial charge in [-0.3, -0.25) is 4.90 Å². The summed E-state index contributed by atoms with van der Waals surface area (Å²) in [7, 11) is 0. The molecule has 0 aromatic heterocycles. The zero-order valence-corrected chi connectivity index (χ0v) is 14.0. The van der Waals surface area contributed by atoms with E-state index in [1.807, 2.05) is 13.0 Å². The van der Waals surface area contributed by atoms with E-state index in [4.69, 9.17) is 0 Å². The van der Waals surface area contributed by atoms with Crippen molar-refractivity contribution in [3.63, 3.8) is 0 Å². The summed E-state index contributed by atoms with van der Waals surface area (Å²) in [5.41, 5.74) is 1.80. The Balaban J connectivity index is 2.23. The molecule has 0 bridgehead atoms. The van der Waals surface area contributed by atoms with Gasteiger partial charge in [0.1, 0.15) is 5.82 Å². The largest absolute Gasteiger partial charge is 0.311 e. The Morgan fingerprint density at radius 3 is 2.62 bits per heavy atom. The van der Waals surface area contributed by atoms with Gasteiger partial charge < -0.3 is 5.32 Å². The van der Waals surface area contributed by atoms with Gasteiger partial charge in [-0.1, -0.05) is 32.9 Å². The summed E-state index contributed by atoms with van der Waals surface area (Å²) in [6, 6.07) is 6.98. The fourth-order valence-corrected chi connectivity index (χ4v) is 3.26. The molecule has 1 aliphatic rings. The SMILES string of the molecule is CCC1CN(C(C)c2ccc(C)c(F)c2)C(C(C)C)CN1. The average Bonchev–Trinajstić information content (AvgIpc) is 2.48. The number of nitrogens with zero attached hydrogens (tertiary/aromatic N) is 1. The summed E-state index contributed by atoms with van der Waals surface area (Å²) >= 11 is 0. The molecule has 0 spiro atoms. The van der Waals surface area contributed by atoms with Crippen LogP contribution < -0.4 is 5.32 Å². The monoisotopic (exact) mass is 292 g/mol. The lowest BCUT2D eigenvalue weighted by Gasteiger charge is -2.45. The number of hydrogen-bond acceptors (Lipinski definition) is 2. The van der Waals surface area contributed by atoms with E-state index >= 15 is 0 Å². The predicted octanol–water partition coefficient (Wildman–Crippen LogP) is 3.90. The van der Waals surface area contributed by atoms with Crippen molar-refractivity contribution in [3.05, 3.63) is 35.1 Å². The average molecular weight is 292 g/mol. The van der Waals surface area contributed by atoms with Gasteiger partial charge in [0.05, 0.1) is 0 Å². The molecule has 3 unspecified atom stereocenters. The lowest BCUT2D eigenvalue weighted by molar-refractivity contribution is 0.0609. The topological polar surface area (TPSA) is 15.3 Å². The second-order valence-electron chi connectivity index (χ2n) is 6.71. The molecule has 2 rings (SSSR count). The number of rotatable bonds is 4. The predicted molar refractivity (Wildman–Crippen MR) is 87.0 cm³/mol. The molecule has 0 radical (unpaired) electrons. The van der Waals surface area contributed by atoms with Gasteiger partial charge in [0.15, 0.2) is 0 Å². The van der Waals surface area contributed by atoms with Gasteiger partial charge in [-0.15, -0.1) is 0 Å². The molecule has 1 fully saturated rings. The molecule has 0 aliphatic carbocycles. The smallest absolute Gasteiger partial charge is 0.126 e. The van der Waals surface area contributed by atoms with E-state index in [0.717, 1.165) is 30.6 Å². The minimum absolute atomic E-state index is 0.0948. The van der Waals surface area contributed by atoms with Crippen LogP contribution in [-0.2, 0) is 0 Å². The van der Waals surface area contributed by atoms with Crippen LogP contribution in [-0.4, -0.2) is 30.1 Å². The molecule has 1 aromatic rings. The van der Waals surface area contributed by atoms with E-state index in [1.165, 1.54) is 0 Å². The van der Waals surface area contributed by atoms with E-state index < -0.39 is 0 Å². The second-order valence-corrected chi connectivity index (χ2v) is 6.71. The first-order valence-corrected chi connectivity index (χ1v) is 8.19. The molecule has 118 valence electrons. The minimum Gasteiger partial charge on any atom is -0.311 e. The highest BCUT2D eigenvalue weighted by Crippen LogP contribution is 2.28. The Hall–Kier alpha value is -0.930. The normalized spacial score (nSPS) is 25.3. The number of aryl methyl sites for hydroxylation is 1. The number of hydrogen-bond donors (Lipinski definition) is 1. The van der Waals surface area contributed by atoms with E-state index in [-0.39, 0.29) is 11.9 Å². The third kappa shape index (κ3) is 3.64. The van der Waals surface area contributed by atoms with Crippen LogP contribution >= 0.6 is 0 Å². The first-order valence-electron chi connectivity index (χ1n) is 8.19. The van der Waals surface area contributed by atoms with Crippen LogP contribution in [0.2, 0.25) is 0 Å². The number of benzene rings is 1. The molecule has 1 saturated heterocycles. The van der Waals surface area contributed by atoms with Gasteiger partial charge >= 0.3 is 0 Å². The number of nitrogens with one attached hydrogen (secondary N) is 1. The standard InChI is InChI=1S/C18H29FN2/c1-6-16-11-21(18(10-20-16)12(2)3)14(5)15-8-7-13(4)17(19)9-15/h7-9,12,14,16,18,20H,6,10-11H2,1-5H3. The van der Waals surface area contributed by atoms with Crippen molar-refractivity contribution >= 4 is 0 Å². The molecule has 0 saturated carbocycles. The Morgan fingerprint density at radius 1 is 1.33 bits per heavy atom. The second kappa shape index (κ2) is 6.89. The highest BCUT2D eigenvalue weighted by atomic mass is 19.1. The molecular weight excluding hydrogens is 263 g/mol. The van der Waals surface area contributed by atoms with Crippen LogP contribution in [0.5, 0.6) is 0 Å². The van der Waals surface area contributed by atoms with Crippen molar-refractivity contribution in [1.29, 1.82) is 0 Å². The van der Waals surface area contributed by atoms with Gasteiger partial charge in [-0.2, -0.15) is 0 Å². The summed E-state index contributed by atoms with van der Waals surface area (Å²) in [6.07, 6.45) is 1.14. The van der Waals surface area contributed by atoms with Crippen molar-refractivity contribution < 1.29 is 4.39 Å². The van der Waals surface area contributed by atoms with Crippen LogP contribution in [0.1, 0.15) is 51.3 Å². The lowest BCUT2D eigenvalue weighted by Crippen LogP contribution is -2.58. The molecule has 1 heterocycles. The lowest BCUT2D eigenvalue weighted by atomic mass is 9.93. The van der Waals surface area contributed by atoms with Gasteiger partial charge in [0.2, 0.25) is 0 Å². The van der Waals surface area contributed by atoms with E-state index in [1.54, 1.807) is 6.07 Å². The van der Waals surface area contributed by atoms with E-state index in [2.05, 4.69) is 44.0 Å². The van der Waals surface area contributed by atoms with E-state index in [0.29, 0.717) is 18.0 Å². The fraction of sp³-hybridized carbons (Fsp3) is 0.667. The number of piperazine rings is 1. The maximum Gasteiger partial charge on any atom is 0.126 e. The zero-order chi connectivity index (χ0) is 15.6. The summed E-state index contributed by atoms with van der Waals surface area (Å²) in [4.78, 5) is 2.56. The fourth-order valence-electron chi connectivity index (χ4n) is 3.26. The van der Waals surface area contributed by atoms with Gasteiger partial charge in [0.25, 0.3) is 0 Å². The maximum atomic E-state index is 13.9. The first-order chi connectivity index (χ1) is 9.93. The minimum atomic E-state index is -0.0948. The van der Waals surface area contributed by atoms with Crippen molar-refractivity contribution in [2.45, 2.75) is 59.2 Å². The van der Waals surface area contributed by atoms with Crippen molar-refractivity contribution in [2.24, 2.45) is 5.92 Å². The molecule has 21 heavy (non-hydrogen) atoms. The third-order valence-corrected chi connectivity index (χ3v) is 4.91. The van der Waals surface area contributed by atoms with Crippen LogP contribution in [0.25, 0.3) is 0 Å². The van der Waals surface area contributed by atoms with Gasteiger partial charge in [-0.25, -0.2) is 4.39 Å². The summed E-state index contributed by atoms with van der Waals surface area (Å²) in [5.74, 6) is 0.496. The molecular formula is C18H29FN2. The van der Waals surface area contributed by atoms with Crippen molar-refractivity contribution in [3.8, 4) is 0 Å². The molecule has 0 amide bonds. The molecule has 1 aliphatic heterocycles. The van der Waals surface area contributed by atoms with Gasteiger partial charge in [0, 0.05) is 31.2 Å². The maximum absolute atomic E-state index is 13.9. The van der Waals surface area contributed by atoms with Crippen molar-refractivity contribution in [2.75, 3.05) is 13.1 Å². The van der Waals surface area contributed by atoms with Crippen LogP contribution in [0.4, 0.5) is 4.39 Å². The zero-order valence-electron chi connectivity index (χ0n) is 14.0. The molecule has 3 heteroatoms. The highest BCUT2D eigenvalue weighted by molar-refractivity contribution is 5.26.